The Hall–Kier alpha value is -2.95. The van der Waals surface area contributed by atoms with E-state index >= 15 is 0 Å². The summed E-state index contributed by atoms with van der Waals surface area (Å²) in [5.74, 6) is 0.996. The van der Waals surface area contributed by atoms with Gasteiger partial charge in [0, 0.05) is 18.4 Å². The standard InChI is InChI=1S/C21H23N3O2/c1-3-16-9-11-18(12-10-16)21-23-20(26-24-21)14-13-19(25)22-15(2)17-7-5-4-6-8-17/h4-12,15H,3,13-14H2,1-2H3,(H,22,25). The average molecular weight is 349 g/mol. The number of benzene rings is 2. The highest BCUT2D eigenvalue weighted by molar-refractivity contribution is 5.76. The first-order valence-corrected chi connectivity index (χ1v) is 8.92. The van der Waals surface area contributed by atoms with Crippen LogP contribution in [0.25, 0.3) is 11.4 Å². The molecule has 1 N–H and O–H groups in total. The minimum Gasteiger partial charge on any atom is -0.350 e. The van der Waals surface area contributed by atoms with Crippen molar-refractivity contribution in [1.82, 2.24) is 15.5 Å². The van der Waals surface area contributed by atoms with Gasteiger partial charge in [-0.25, -0.2) is 0 Å². The van der Waals surface area contributed by atoms with Crippen molar-refractivity contribution in [2.45, 2.75) is 39.2 Å². The van der Waals surface area contributed by atoms with E-state index in [0.717, 1.165) is 17.5 Å². The third-order valence-corrected chi connectivity index (χ3v) is 4.33. The zero-order valence-corrected chi connectivity index (χ0v) is 15.1. The molecule has 1 heterocycles. The highest BCUT2D eigenvalue weighted by atomic mass is 16.5. The molecule has 1 unspecified atom stereocenters. The van der Waals surface area contributed by atoms with E-state index < -0.39 is 0 Å². The van der Waals surface area contributed by atoms with Crippen LogP contribution in [0, 0.1) is 0 Å². The van der Waals surface area contributed by atoms with Crippen LogP contribution in [0.3, 0.4) is 0 Å². The number of aryl methyl sites for hydroxylation is 2. The maximum atomic E-state index is 12.1. The van der Waals surface area contributed by atoms with E-state index in [1.54, 1.807) is 0 Å². The molecular weight excluding hydrogens is 326 g/mol. The van der Waals surface area contributed by atoms with Gasteiger partial charge in [-0.1, -0.05) is 66.7 Å². The number of rotatable bonds is 7. The fourth-order valence-corrected chi connectivity index (χ4v) is 2.72. The van der Waals surface area contributed by atoms with Crippen molar-refractivity contribution >= 4 is 5.91 Å². The number of amides is 1. The fraction of sp³-hybridized carbons (Fsp3) is 0.286. The molecule has 0 bridgehead atoms. The molecular formula is C21H23N3O2. The third kappa shape index (κ3) is 4.57. The molecule has 5 nitrogen and oxygen atoms in total. The first-order chi connectivity index (χ1) is 12.7. The Kier molecular flexibility index (Phi) is 5.79. The molecule has 1 aromatic heterocycles. The molecule has 0 spiro atoms. The van der Waals surface area contributed by atoms with Crippen molar-refractivity contribution < 1.29 is 9.32 Å². The van der Waals surface area contributed by atoms with Gasteiger partial charge in [-0.05, 0) is 24.5 Å². The molecule has 1 amide bonds. The fourth-order valence-electron chi connectivity index (χ4n) is 2.72. The average Bonchev–Trinajstić information content (AvgIpc) is 3.16. The van der Waals surface area contributed by atoms with E-state index in [2.05, 4.69) is 34.5 Å². The Labute approximate surface area is 153 Å². The topological polar surface area (TPSA) is 68.0 Å². The molecule has 2 aromatic carbocycles. The Morgan fingerprint density at radius 3 is 2.54 bits per heavy atom. The van der Waals surface area contributed by atoms with Gasteiger partial charge < -0.3 is 9.84 Å². The molecule has 0 aliphatic carbocycles. The van der Waals surface area contributed by atoms with Crippen molar-refractivity contribution in [3.8, 4) is 11.4 Å². The Bertz CT molecular complexity index is 841. The van der Waals surface area contributed by atoms with Crippen LogP contribution < -0.4 is 5.32 Å². The van der Waals surface area contributed by atoms with Gasteiger partial charge in [-0.2, -0.15) is 4.98 Å². The molecule has 0 saturated carbocycles. The SMILES string of the molecule is CCc1ccc(-c2noc(CCC(=O)NC(C)c3ccccc3)n2)cc1. The summed E-state index contributed by atoms with van der Waals surface area (Å²) in [5.41, 5.74) is 3.26. The first kappa shape index (κ1) is 17.9. The molecule has 0 aliphatic heterocycles. The zero-order valence-electron chi connectivity index (χ0n) is 15.1. The monoisotopic (exact) mass is 349 g/mol. The molecule has 5 heteroatoms. The van der Waals surface area contributed by atoms with Gasteiger partial charge in [-0.3, -0.25) is 4.79 Å². The minimum atomic E-state index is -0.0339. The largest absolute Gasteiger partial charge is 0.350 e. The summed E-state index contributed by atoms with van der Waals surface area (Å²) >= 11 is 0. The number of aromatic nitrogens is 2. The lowest BCUT2D eigenvalue weighted by atomic mass is 10.1. The number of nitrogens with zero attached hydrogens (tertiary/aromatic N) is 2. The Morgan fingerprint density at radius 2 is 1.85 bits per heavy atom. The van der Waals surface area contributed by atoms with E-state index in [1.807, 2.05) is 49.4 Å². The highest BCUT2D eigenvalue weighted by Crippen LogP contribution is 2.17. The van der Waals surface area contributed by atoms with Crippen molar-refractivity contribution in [2.24, 2.45) is 0 Å². The van der Waals surface area contributed by atoms with Crippen molar-refractivity contribution in [3.63, 3.8) is 0 Å². The van der Waals surface area contributed by atoms with Crippen LogP contribution >= 0.6 is 0 Å². The van der Waals surface area contributed by atoms with Gasteiger partial charge in [0.25, 0.3) is 0 Å². The summed E-state index contributed by atoms with van der Waals surface area (Å²) in [4.78, 5) is 16.5. The third-order valence-electron chi connectivity index (χ3n) is 4.33. The summed E-state index contributed by atoms with van der Waals surface area (Å²) in [7, 11) is 0. The van der Waals surface area contributed by atoms with Gasteiger partial charge in [0.15, 0.2) is 0 Å². The summed E-state index contributed by atoms with van der Waals surface area (Å²) in [6.07, 6.45) is 1.73. The molecule has 3 rings (SSSR count). The quantitative estimate of drug-likeness (QED) is 0.697. The summed E-state index contributed by atoms with van der Waals surface area (Å²) in [5, 5.41) is 7.00. The van der Waals surface area contributed by atoms with Gasteiger partial charge >= 0.3 is 0 Å². The molecule has 0 aliphatic rings. The molecule has 0 fully saturated rings. The molecule has 3 aromatic rings. The number of hydrogen-bond donors (Lipinski definition) is 1. The van der Waals surface area contributed by atoms with E-state index in [9.17, 15) is 4.79 Å². The molecule has 134 valence electrons. The number of carbonyl (C=O) groups excluding carboxylic acids is 1. The molecule has 1 atom stereocenters. The van der Waals surface area contributed by atoms with E-state index in [1.165, 1.54) is 5.56 Å². The lowest BCUT2D eigenvalue weighted by molar-refractivity contribution is -0.121. The first-order valence-electron chi connectivity index (χ1n) is 8.92. The normalized spacial score (nSPS) is 11.9. The second kappa shape index (κ2) is 8.43. The van der Waals surface area contributed by atoms with E-state index in [4.69, 9.17) is 4.52 Å². The van der Waals surface area contributed by atoms with Crippen LogP contribution in [-0.2, 0) is 17.6 Å². The Balaban J connectivity index is 1.53. The Morgan fingerprint density at radius 1 is 1.12 bits per heavy atom. The summed E-state index contributed by atoms with van der Waals surface area (Å²) in [6, 6.07) is 17.9. The lowest BCUT2D eigenvalue weighted by Gasteiger charge is -2.13. The second-order valence-electron chi connectivity index (χ2n) is 6.26. The smallest absolute Gasteiger partial charge is 0.227 e. The maximum Gasteiger partial charge on any atom is 0.227 e. The van der Waals surface area contributed by atoms with Crippen molar-refractivity contribution in [2.75, 3.05) is 0 Å². The number of carbonyl (C=O) groups is 1. The van der Waals surface area contributed by atoms with Crippen LogP contribution in [0.4, 0.5) is 0 Å². The van der Waals surface area contributed by atoms with E-state index in [0.29, 0.717) is 24.6 Å². The zero-order chi connectivity index (χ0) is 18.4. The van der Waals surface area contributed by atoms with Crippen LogP contribution in [0.15, 0.2) is 59.1 Å². The van der Waals surface area contributed by atoms with Gasteiger partial charge in [-0.15, -0.1) is 0 Å². The highest BCUT2D eigenvalue weighted by Gasteiger charge is 2.13. The summed E-state index contributed by atoms with van der Waals surface area (Å²) in [6.45, 7) is 4.09. The van der Waals surface area contributed by atoms with Crippen molar-refractivity contribution in [1.29, 1.82) is 0 Å². The van der Waals surface area contributed by atoms with Crippen LogP contribution in [0.5, 0.6) is 0 Å². The maximum absolute atomic E-state index is 12.1. The molecule has 26 heavy (non-hydrogen) atoms. The minimum absolute atomic E-state index is 0.0287. The van der Waals surface area contributed by atoms with Gasteiger partial charge in [0.2, 0.25) is 17.6 Å². The number of nitrogens with one attached hydrogen (secondary N) is 1. The van der Waals surface area contributed by atoms with Crippen LogP contribution in [0.1, 0.15) is 43.3 Å². The summed E-state index contributed by atoms with van der Waals surface area (Å²) < 4.78 is 5.27. The lowest BCUT2D eigenvalue weighted by Crippen LogP contribution is -2.26. The predicted octanol–water partition coefficient (Wildman–Crippen LogP) is 4.11. The molecule has 0 radical (unpaired) electrons. The van der Waals surface area contributed by atoms with Gasteiger partial charge in [0.05, 0.1) is 6.04 Å². The molecule has 0 saturated heterocycles. The van der Waals surface area contributed by atoms with Crippen molar-refractivity contribution in [3.05, 3.63) is 71.6 Å². The van der Waals surface area contributed by atoms with E-state index in [-0.39, 0.29) is 11.9 Å². The van der Waals surface area contributed by atoms with Gasteiger partial charge in [0.1, 0.15) is 0 Å². The second-order valence-corrected chi connectivity index (χ2v) is 6.26. The van der Waals surface area contributed by atoms with Crippen LogP contribution in [-0.4, -0.2) is 16.0 Å². The van der Waals surface area contributed by atoms with Crippen LogP contribution in [0.2, 0.25) is 0 Å². The predicted molar refractivity (Wildman–Crippen MR) is 100 cm³/mol. The number of hydrogen-bond acceptors (Lipinski definition) is 4.